The third kappa shape index (κ3) is 4.61. The predicted molar refractivity (Wildman–Crippen MR) is 124 cm³/mol. The lowest BCUT2D eigenvalue weighted by Gasteiger charge is -2.17. The number of carbonyl (C=O) groups excluding carboxylic acids is 2. The van der Waals surface area contributed by atoms with E-state index in [0.717, 1.165) is 0 Å². The molecule has 33 heavy (non-hydrogen) atoms. The molecule has 1 N–H and O–H groups in total. The summed E-state index contributed by atoms with van der Waals surface area (Å²) in [5, 5.41) is 7.06. The summed E-state index contributed by atoms with van der Waals surface area (Å²) in [6.07, 6.45) is 2.07. The zero-order valence-corrected chi connectivity index (χ0v) is 19.1. The molecule has 172 valence electrons. The van der Waals surface area contributed by atoms with E-state index in [-0.39, 0.29) is 18.3 Å². The van der Waals surface area contributed by atoms with Crippen molar-refractivity contribution in [2.75, 3.05) is 28.5 Å². The largest absolute Gasteiger partial charge is 0.462 e. The van der Waals surface area contributed by atoms with Crippen LogP contribution in [0.3, 0.4) is 0 Å². The number of rotatable bonds is 6. The first-order valence-corrected chi connectivity index (χ1v) is 12.1. The van der Waals surface area contributed by atoms with Crippen LogP contribution in [0.15, 0.2) is 54.7 Å². The third-order valence-corrected chi connectivity index (χ3v) is 7.26. The Balaban J connectivity index is 1.44. The maximum Gasteiger partial charge on any atom is 0.341 e. The van der Waals surface area contributed by atoms with E-state index in [0.29, 0.717) is 46.8 Å². The minimum atomic E-state index is -3.24. The number of benzene rings is 2. The first kappa shape index (κ1) is 22.5. The van der Waals surface area contributed by atoms with Crippen molar-refractivity contribution in [2.45, 2.75) is 20.3 Å². The van der Waals surface area contributed by atoms with E-state index < -0.39 is 16.0 Å². The number of sulfonamides is 1. The summed E-state index contributed by atoms with van der Waals surface area (Å²) < 4.78 is 32.1. The highest BCUT2D eigenvalue weighted by molar-refractivity contribution is 7.93. The van der Waals surface area contributed by atoms with Gasteiger partial charge in [-0.25, -0.2) is 17.9 Å². The molecule has 4 rings (SSSR count). The van der Waals surface area contributed by atoms with E-state index in [1.54, 1.807) is 67.1 Å². The number of esters is 1. The quantitative estimate of drug-likeness (QED) is 0.557. The highest BCUT2D eigenvalue weighted by Gasteiger charge is 2.28. The van der Waals surface area contributed by atoms with Crippen LogP contribution in [0.1, 0.15) is 39.8 Å². The minimum Gasteiger partial charge on any atom is -0.462 e. The van der Waals surface area contributed by atoms with E-state index in [4.69, 9.17) is 4.74 Å². The van der Waals surface area contributed by atoms with Crippen molar-refractivity contribution in [1.82, 2.24) is 9.78 Å². The molecule has 2 heterocycles. The van der Waals surface area contributed by atoms with E-state index >= 15 is 0 Å². The van der Waals surface area contributed by atoms with Gasteiger partial charge in [0.1, 0.15) is 5.56 Å². The van der Waals surface area contributed by atoms with Crippen LogP contribution in [-0.4, -0.2) is 49.0 Å². The normalized spacial score (nSPS) is 14.8. The minimum absolute atomic E-state index is 0.156. The number of nitrogens with one attached hydrogen (secondary N) is 1. The third-order valence-electron chi connectivity index (χ3n) is 5.39. The van der Waals surface area contributed by atoms with Gasteiger partial charge < -0.3 is 10.1 Å². The van der Waals surface area contributed by atoms with Crippen LogP contribution in [0.2, 0.25) is 0 Å². The van der Waals surface area contributed by atoms with Gasteiger partial charge in [-0.05, 0) is 68.8 Å². The lowest BCUT2D eigenvalue weighted by Crippen LogP contribution is -2.24. The SMILES string of the molecule is CCOC(=O)c1cnn(-c2ccc(C(=O)Nc3ccc(N4CCCS4(=O)=O)cc3)cc2)c1C. The van der Waals surface area contributed by atoms with Crippen molar-refractivity contribution >= 4 is 33.3 Å². The summed E-state index contributed by atoms with van der Waals surface area (Å²) in [6, 6.07) is 13.5. The Bertz CT molecular complexity index is 1280. The standard InChI is InChI=1S/C23H24N4O5S/c1-3-32-23(29)21-15-24-27(16(21)2)20-9-5-17(6-10-20)22(28)25-18-7-11-19(12-8-18)26-13-4-14-33(26,30)31/h5-12,15H,3-4,13-14H2,1-2H3,(H,25,28). The molecule has 1 saturated heterocycles. The average molecular weight is 469 g/mol. The molecule has 2 aromatic carbocycles. The first-order valence-electron chi connectivity index (χ1n) is 10.5. The summed E-state index contributed by atoms with van der Waals surface area (Å²) in [5.41, 5.74) is 3.34. The number of hydrogen-bond acceptors (Lipinski definition) is 6. The number of nitrogens with zero attached hydrogens (tertiary/aromatic N) is 3. The van der Waals surface area contributed by atoms with Gasteiger partial charge in [0.25, 0.3) is 5.91 Å². The second kappa shape index (κ2) is 9.07. The van der Waals surface area contributed by atoms with Gasteiger partial charge in [-0.15, -0.1) is 0 Å². The molecule has 1 amide bonds. The predicted octanol–water partition coefficient (Wildman–Crippen LogP) is 3.15. The van der Waals surface area contributed by atoms with E-state index in [9.17, 15) is 18.0 Å². The van der Waals surface area contributed by atoms with Crippen LogP contribution in [0.4, 0.5) is 11.4 Å². The lowest BCUT2D eigenvalue weighted by atomic mass is 10.1. The van der Waals surface area contributed by atoms with Crippen molar-refractivity contribution in [3.63, 3.8) is 0 Å². The fourth-order valence-corrected chi connectivity index (χ4v) is 5.24. The fraction of sp³-hybridized carbons (Fsp3) is 0.261. The molecule has 0 radical (unpaired) electrons. The molecule has 0 unspecified atom stereocenters. The highest BCUT2D eigenvalue weighted by Crippen LogP contribution is 2.25. The smallest absolute Gasteiger partial charge is 0.341 e. The molecule has 10 heteroatoms. The van der Waals surface area contributed by atoms with E-state index in [1.807, 2.05) is 0 Å². The van der Waals surface area contributed by atoms with Gasteiger partial charge in [-0.3, -0.25) is 9.10 Å². The van der Waals surface area contributed by atoms with Gasteiger partial charge in [0.2, 0.25) is 10.0 Å². The zero-order valence-electron chi connectivity index (χ0n) is 18.3. The van der Waals surface area contributed by atoms with Crippen molar-refractivity contribution in [3.8, 4) is 5.69 Å². The number of anilines is 2. The van der Waals surface area contributed by atoms with Crippen LogP contribution >= 0.6 is 0 Å². The maximum absolute atomic E-state index is 12.6. The van der Waals surface area contributed by atoms with Crippen LogP contribution in [0.5, 0.6) is 0 Å². The molecule has 1 aromatic heterocycles. The summed E-state index contributed by atoms with van der Waals surface area (Å²) in [6.45, 7) is 4.27. The van der Waals surface area contributed by atoms with Gasteiger partial charge in [-0.2, -0.15) is 5.10 Å². The van der Waals surface area contributed by atoms with Crippen LogP contribution in [-0.2, 0) is 14.8 Å². The van der Waals surface area contributed by atoms with Gasteiger partial charge in [-0.1, -0.05) is 0 Å². The fourth-order valence-electron chi connectivity index (χ4n) is 3.68. The van der Waals surface area contributed by atoms with Crippen molar-refractivity contribution in [3.05, 3.63) is 71.5 Å². The molecule has 1 aliphatic rings. The summed E-state index contributed by atoms with van der Waals surface area (Å²) in [7, 11) is -3.24. The van der Waals surface area contributed by atoms with Gasteiger partial charge in [0.15, 0.2) is 0 Å². The summed E-state index contributed by atoms with van der Waals surface area (Å²) >= 11 is 0. The maximum atomic E-state index is 12.6. The molecular weight excluding hydrogens is 444 g/mol. The highest BCUT2D eigenvalue weighted by atomic mass is 32.2. The Labute approximate surface area is 192 Å². The van der Waals surface area contributed by atoms with Crippen LogP contribution in [0, 0.1) is 6.92 Å². The molecular formula is C23H24N4O5S. The van der Waals surface area contributed by atoms with Crippen molar-refractivity contribution < 1.29 is 22.7 Å². The Morgan fingerprint density at radius 3 is 2.33 bits per heavy atom. The Morgan fingerprint density at radius 1 is 1.06 bits per heavy atom. The molecule has 1 fully saturated rings. The number of carbonyl (C=O) groups is 2. The summed E-state index contributed by atoms with van der Waals surface area (Å²) in [4.78, 5) is 24.6. The molecule has 0 saturated carbocycles. The molecule has 0 bridgehead atoms. The molecule has 0 atom stereocenters. The number of amides is 1. The number of ether oxygens (including phenoxy) is 1. The Morgan fingerprint density at radius 2 is 1.73 bits per heavy atom. The molecule has 1 aliphatic heterocycles. The van der Waals surface area contributed by atoms with Gasteiger partial charge in [0, 0.05) is 17.8 Å². The average Bonchev–Trinajstić information content (AvgIpc) is 3.36. The topological polar surface area (TPSA) is 111 Å². The second-order valence-corrected chi connectivity index (χ2v) is 9.58. The lowest BCUT2D eigenvalue weighted by molar-refractivity contribution is 0.0525. The summed E-state index contributed by atoms with van der Waals surface area (Å²) in [5.74, 6) is -0.568. The Hall–Kier alpha value is -3.66. The molecule has 0 spiro atoms. The van der Waals surface area contributed by atoms with E-state index in [2.05, 4.69) is 10.4 Å². The number of aromatic nitrogens is 2. The molecule has 0 aliphatic carbocycles. The van der Waals surface area contributed by atoms with E-state index in [1.165, 1.54) is 10.5 Å². The molecule has 9 nitrogen and oxygen atoms in total. The molecule has 3 aromatic rings. The van der Waals surface area contributed by atoms with Crippen LogP contribution < -0.4 is 9.62 Å². The van der Waals surface area contributed by atoms with Crippen molar-refractivity contribution in [2.24, 2.45) is 0 Å². The number of hydrogen-bond donors (Lipinski definition) is 1. The first-order chi connectivity index (χ1) is 15.8. The Kier molecular flexibility index (Phi) is 6.19. The van der Waals surface area contributed by atoms with Gasteiger partial charge in [0.05, 0.1) is 35.6 Å². The second-order valence-electron chi connectivity index (χ2n) is 7.57. The zero-order chi connectivity index (χ0) is 23.6. The van der Waals surface area contributed by atoms with Crippen molar-refractivity contribution in [1.29, 1.82) is 0 Å². The van der Waals surface area contributed by atoms with Crippen LogP contribution in [0.25, 0.3) is 5.69 Å². The monoisotopic (exact) mass is 468 g/mol. The van der Waals surface area contributed by atoms with Gasteiger partial charge >= 0.3 is 5.97 Å².